The molecule has 4 heteroatoms. The van der Waals surface area contributed by atoms with Crippen molar-refractivity contribution in [2.24, 2.45) is 39.7 Å². The normalized spacial score (nSPS) is 45.1. The van der Waals surface area contributed by atoms with Gasteiger partial charge in [0.1, 0.15) is 0 Å². The van der Waals surface area contributed by atoms with Crippen molar-refractivity contribution in [2.75, 3.05) is 13.2 Å². The lowest BCUT2D eigenvalue weighted by atomic mass is 9.58. The molecule has 0 aromatic heterocycles. The fourth-order valence-electron chi connectivity index (χ4n) is 9.15. The minimum Gasteiger partial charge on any atom is -0.390 e. The molecular weight excluding hydrogens is 410 g/mol. The molecule has 0 aromatic rings. The molecular formula is C29H47NO3. The van der Waals surface area contributed by atoms with Crippen LogP contribution in [-0.2, 0) is 4.74 Å². The molecule has 5 aliphatic rings. The molecule has 1 N–H and O–H groups in total. The number of hydrogen-bond donors (Lipinski definition) is 1. The molecule has 4 fully saturated rings. The van der Waals surface area contributed by atoms with E-state index < -0.39 is 5.60 Å². The molecule has 7 unspecified atom stereocenters. The maximum Gasteiger partial charge on any atom is 0.0922 e. The first-order valence-corrected chi connectivity index (χ1v) is 14.2. The summed E-state index contributed by atoms with van der Waals surface area (Å²) in [4.78, 5) is 11.4. The van der Waals surface area contributed by atoms with E-state index in [0.29, 0.717) is 11.3 Å². The van der Waals surface area contributed by atoms with Crippen molar-refractivity contribution in [3.8, 4) is 0 Å². The fraction of sp³-hybridized carbons (Fsp3) is 0.931. The topological polar surface area (TPSA) is 58.9 Å². The summed E-state index contributed by atoms with van der Waals surface area (Å²) < 4.78 is 5.47. The predicted molar refractivity (Wildman–Crippen MR) is 133 cm³/mol. The third-order valence-corrected chi connectivity index (χ3v) is 11.4. The Kier molecular flexibility index (Phi) is 6.81. The Hall–Kier alpha value is -0.740. The summed E-state index contributed by atoms with van der Waals surface area (Å²) in [5, 5.41) is 14.4. The van der Waals surface area contributed by atoms with Crippen LogP contribution in [0.2, 0.25) is 0 Å². The van der Waals surface area contributed by atoms with Crippen LogP contribution in [0.5, 0.6) is 0 Å². The Bertz CT molecular complexity index is 743. The number of aliphatic hydroxyl groups is 1. The molecule has 0 spiro atoms. The van der Waals surface area contributed by atoms with Crippen LogP contribution in [0.15, 0.2) is 16.8 Å². The summed E-state index contributed by atoms with van der Waals surface area (Å²) in [5.74, 6) is 3.05. The van der Waals surface area contributed by atoms with E-state index in [4.69, 9.17) is 4.74 Å². The number of rotatable bonds is 5. The Morgan fingerprint density at radius 1 is 1.06 bits per heavy atom. The monoisotopic (exact) mass is 457 g/mol. The average Bonchev–Trinajstić information content (AvgIpc) is 2.94. The predicted octanol–water partition coefficient (Wildman–Crippen LogP) is 7.19. The lowest BCUT2D eigenvalue weighted by molar-refractivity contribution is -0.0702. The van der Waals surface area contributed by atoms with Gasteiger partial charge in [0.15, 0.2) is 0 Å². The molecule has 5 rings (SSSR count). The maximum atomic E-state index is 11.4. The number of hydrogen-bond acceptors (Lipinski definition) is 4. The van der Waals surface area contributed by atoms with Crippen molar-refractivity contribution in [3.63, 3.8) is 0 Å². The van der Waals surface area contributed by atoms with Crippen molar-refractivity contribution in [2.45, 2.75) is 122 Å². The molecule has 3 saturated carbocycles. The van der Waals surface area contributed by atoms with Crippen LogP contribution in [0.1, 0.15) is 110 Å². The molecule has 7 atom stereocenters. The number of allylic oxidation sites excluding steroid dienone is 2. The van der Waals surface area contributed by atoms with Gasteiger partial charge < -0.3 is 9.84 Å². The van der Waals surface area contributed by atoms with E-state index in [0.717, 1.165) is 75.9 Å². The molecule has 1 aliphatic heterocycles. The lowest BCUT2D eigenvalue weighted by Gasteiger charge is -2.47. The number of ether oxygens (including phenoxy) is 1. The zero-order valence-corrected chi connectivity index (χ0v) is 21.2. The highest BCUT2D eigenvalue weighted by atomic mass is 16.5. The molecule has 0 radical (unpaired) electrons. The highest BCUT2D eigenvalue weighted by Crippen LogP contribution is 2.63. The van der Waals surface area contributed by atoms with Crippen LogP contribution in [0.3, 0.4) is 0 Å². The van der Waals surface area contributed by atoms with E-state index in [-0.39, 0.29) is 11.5 Å². The lowest BCUT2D eigenvalue weighted by Crippen LogP contribution is -2.39. The van der Waals surface area contributed by atoms with Crippen LogP contribution >= 0.6 is 0 Å². The Morgan fingerprint density at radius 2 is 1.88 bits per heavy atom. The van der Waals surface area contributed by atoms with Crippen LogP contribution < -0.4 is 0 Å². The van der Waals surface area contributed by atoms with E-state index >= 15 is 0 Å². The van der Waals surface area contributed by atoms with Gasteiger partial charge in [-0.25, -0.2) is 0 Å². The molecule has 33 heavy (non-hydrogen) atoms. The second-order valence-corrected chi connectivity index (χ2v) is 13.1. The average molecular weight is 458 g/mol. The van der Waals surface area contributed by atoms with E-state index in [1.54, 1.807) is 5.57 Å². The van der Waals surface area contributed by atoms with E-state index in [1.165, 1.54) is 51.4 Å². The highest BCUT2D eigenvalue weighted by Gasteiger charge is 2.53. The number of nitroso groups, excluding NO2 is 1. The van der Waals surface area contributed by atoms with Crippen molar-refractivity contribution < 1.29 is 9.84 Å². The molecule has 4 nitrogen and oxygen atoms in total. The third kappa shape index (κ3) is 4.60. The van der Waals surface area contributed by atoms with Crippen molar-refractivity contribution in [1.82, 2.24) is 0 Å². The molecule has 0 aromatic carbocycles. The zero-order valence-electron chi connectivity index (χ0n) is 21.2. The van der Waals surface area contributed by atoms with Gasteiger partial charge in [0.2, 0.25) is 0 Å². The number of fused-ring (bicyclic) bond motifs is 4. The summed E-state index contributed by atoms with van der Waals surface area (Å²) in [6, 6.07) is 0.0435. The summed E-state index contributed by atoms with van der Waals surface area (Å²) in [5.41, 5.74) is 2.05. The summed E-state index contributed by atoms with van der Waals surface area (Å²) in [7, 11) is 0. The Balaban J connectivity index is 1.26. The SMILES string of the molecule is CC12C=C3CCC4(C)C(CCCC5(O)CCOCC5)CCC4C3CCC1CC(N=O)CCC2. The molecule has 0 bridgehead atoms. The fourth-order valence-corrected chi connectivity index (χ4v) is 9.15. The van der Waals surface area contributed by atoms with Gasteiger partial charge in [-0.1, -0.05) is 43.5 Å². The first-order chi connectivity index (χ1) is 15.9. The maximum absolute atomic E-state index is 11.4. The van der Waals surface area contributed by atoms with Gasteiger partial charge in [0.25, 0.3) is 0 Å². The first kappa shape index (κ1) is 24.0. The van der Waals surface area contributed by atoms with Gasteiger partial charge in [-0.15, -0.1) is 0 Å². The quantitative estimate of drug-likeness (QED) is 0.351. The second kappa shape index (κ2) is 9.37. The van der Waals surface area contributed by atoms with Gasteiger partial charge in [-0.2, -0.15) is 4.91 Å². The van der Waals surface area contributed by atoms with Crippen LogP contribution in [0.25, 0.3) is 0 Å². The third-order valence-electron chi connectivity index (χ3n) is 11.4. The van der Waals surface area contributed by atoms with Gasteiger partial charge in [-0.3, -0.25) is 0 Å². The Labute approximate surface area is 201 Å². The largest absolute Gasteiger partial charge is 0.390 e. The summed E-state index contributed by atoms with van der Waals surface area (Å²) in [6.45, 7) is 6.55. The van der Waals surface area contributed by atoms with E-state index in [9.17, 15) is 10.0 Å². The second-order valence-electron chi connectivity index (χ2n) is 13.1. The highest BCUT2D eigenvalue weighted by molar-refractivity contribution is 5.23. The molecule has 186 valence electrons. The van der Waals surface area contributed by atoms with Crippen LogP contribution in [-0.4, -0.2) is 30.0 Å². The standard InChI is InChI=1S/C29H47NO3/c1-27-12-4-6-24(30-32)19-23(27)7-9-25-21(20-27)11-14-28(2)22(8-10-26(25)28)5-3-13-29(31)15-17-33-18-16-29/h20,22-26,31H,3-19H2,1-2H3. The van der Waals surface area contributed by atoms with Crippen molar-refractivity contribution in [3.05, 3.63) is 16.6 Å². The zero-order chi connectivity index (χ0) is 23.1. The van der Waals surface area contributed by atoms with Crippen molar-refractivity contribution in [1.29, 1.82) is 0 Å². The molecule has 1 heterocycles. The number of nitrogens with zero attached hydrogens (tertiary/aromatic N) is 1. The molecule has 0 amide bonds. The van der Waals surface area contributed by atoms with Crippen LogP contribution in [0, 0.1) is 39.4 Å². The molecule has 4 aliphatic carbocycles. The minimum absolute atomic E-state index is 0.0435. The van der Waals surface area contributed by atoms with Gasteiger partial charge in [-0.05, 0) is 118 Å². The van der Waals surface area contributed by atoms with E-state index in [1.807, 2.05) is 0 Å². The minimum atomic E-state index is -0.473. The first-order valence-electron chi connectivity index (χ1n) is 14.2. The molecule has 1 saturated heterocycles. The van der Waals surface area contributed by atoms with E-state index in [2.05, 4.69) is 25.1 Å². The van der Waals surface area contributed by atoms with Crippen LogP contribution in [0.4, 0.5) is 0 Å². The van der Waals surface area contributed by atoms with Gasteiger partial charge in [0, 0.05) is 13.2 Å². The Morgan fingerprint density at radius 3 is 2.67 bits per heavy atom. The smallest absolute Gasteiger partial charge is 0.0922 e. The van der Waals surface area contributed by atoms with Gasteiger partial charge in [0.05, 0.1) is 11.6 Å². The van der Waals surface area contributed by atoms with Gasteiger partial charge >= 0.3 is 0 Å². The summed E-state index contributed by atoms with van der Waals surface area (Å²) >= 11 is 0. The van der Waals surface area contributed by atoms with Crippen molar-refractivity contribution >= 4 is 0 Å². The summed E-state index contributed by atoms with van der Waals surface area (Å²) in [6.07, 6.45) is 20.2.